The number of pyridine rings is 1. The number of hydrogen-bond donors (Lipinski definition) is 3. The molecule has 4 heterocycles. The highest BCUT2D eigenvalue weighted by Gasteiger charge is 2.31. The molecule has 10 heteroatoms. The predicted octanol–water partition coefficient (Wildman–Crippen LogP) is 4.88. The molecular formula is C17H17BrClN3O3S2. The molecule has 6 nitrogen and oxygen atoms in total. The number of hydrogen-bond acceptors (Lipinski definition) is 7. The van der Waals surface area contributed by atoms with Gasteiger partial charge in [-0.2, -0.15) is 0 Å². The van der Waals surface area contributed by atoms with Crippen LogP contribution in [0.5, 0.6) is 0 Å². The number of ether oxygens (including phenoxy) is 1. The molecule has 3 aromatic heterocycles. The highest BCUT2D eigenvalue weighted by Crippen LogP contribution is 2.45. The van der Waals surface area contributed by atoms with Crippen molar-refractivity contribution in [2.24, 2.45) is 5.73 Å². The number of rotatable bonds is 4. The van der Waals surface area contributed by atoms with Crippen LogP contribution < -0.4 is 11.1 Å². The van der Waals surface area contributed by atoms with E-state index in [0.29, 0.717) is 11.8 Å². The molecule has 4 N–H and O–H groups in total. The Bertz CT molecular complexity index is 920. The molecule has 1 aliphatic heterocycles. The van der Waals surface area contributed by atoms with Gasteiger partial charge < -0.3 is 20.9 Å². The average molecular weight is 491 g/mol. The van der Waals surface area contributed by atoms with Gasteiger partial charge in [0.05, 0.1) is 25.3 Å². The van der Waals surface area contributed by atoms with Crippen molar-refractivity contribution in [2.75, 3.05) is 11.9 Å². The number of nitrogens with two attached hydrogens (primary N) is 1. The minimum Gasteiger partial charge on any atom is -0.483 e. The molecule has 1 fully saturated rings. The third kappa shape index (κ3) is 4.61. The Morgan fingerprint density at radius 2 is 2.33 bits per heavy atom. The van der Waals surface area contributed by atoms with Crippen molar-refractivity contribution in [3.8, 4) is 0 Å². The molecule has 0 radical (unpaired) electrons. The lowest BCUT2D eigenvalue weighted by Crippen LogP contribution is -2.22. The summed E-state index contributed by atoms with van der Waals surface area (Å²) in [4.78, 5) is 15.2. The van der Waals surface area contributed by atoms with Crippen LogP contribution in [0.15, 0.2) is 28.1 Å². The summed E-state index contributed by atoms with van der Waals surface area (Å²) in [6.07, 6.45) is 0.797. The van der Waals surface area contributed by atoms with Crippen LogP contribution in [0.4, 0.5) is 5.69 Å². The normalized spacial score (nSPS) is 18.9. The first-order valence-electron chi connectivity index (χ1n) is 8.04. The Kier molecular flexibility index (Phi) is 7.07. The van der Waals surface area contributed by atoms with Gasteiger partial charge in [-0.15, -0.1) is 22.7 Å². The summed E-state index contributed by atoms with van der Waals surface area (Å²) >= 11 is 13.3. The Balaban J connectivity index is 0.000000659. The van der Waals surface area contributed by atoms with Gasteiger partial charge in [0, 0.05) is 30.1 Å². The molecule has 0 unspecified atom stereocenters. The predicted molar refractivity (Wildman–Crippen MR) is 114 cm³/mol. The molecule has 0 spiro atoms. The third-order valence-electron chi connectivity index (χ3n) is 4.01. The van der Waals surface area contributed by atoms with E-state index in [1.165, 1.54) is 4.88 Å². The van der Waals surface area contributed by atoms with Crippen molar-refractivity contribution in [3.63, 3.8) is 0 Å². The topological polar surface area (TPSA) is 97.5 Å². The van der Waals surface area contributed by atoms with Gasteiger partial charge in [-0.25, -0.2) is 4.98 Å². The van der Waals surface area contributed by atoms with Crippen molar-refractivity contribution >= 4 is 72.6 Å². The Morgan fingerprint density at radius 1 is 1.56 bits per heavy atom. The quantitative estimate of drug-likeness (QED) is 0.356. The number of nitrogens with zero attached hydrogens (tertiary/aromatic N) is 1. The van der Waals surface area contributed by atoms with Crippen LogP contribution in [-0.2, 0) is 16.1 Å². The van der Waals surface area contributed by atoms with Gasteiger partial charge in [-0.3, -0.25) is 4.79 Å². The summed E-state index contributed by atoms with van der Waals surface area (Å²) < 4.78 is 7.83. The number of halogens is 2. The Hall–Kier alpha value is -1.23. The molecular weight excluding hydrogens is 474 g/mol. The SMILES string of the molecule is N[C@@H]1CCO[C@@H]1c1sc2c(NCc3cccs3)cc(Cl)nc2c1Br.O=CO. The minimum absolute atomic E-state index is 0.0207. The molecule has 1 saturated heterocycles. The van der Waals surface area contributed by atoms with E-state index in [1.54, 1.807) is 22.7 Å². The number of nitrogens with one attached hydrogen (secondary N) is 1. The van der Waals surface area contributed by atoms with E-state index >= 15 is 0 Å². The maximum absolute atomic E-state index is 8.36. The summed E-state index contributed by atoms with van der Waals surface area (Å²) in [6, 6.07) is 6.06. The van der Waals surface area contributed by atoms with Gasteiger partial charge in [-0.1, -0.05) is 17.7 Å². The van der Waals surface area contributed by atoms with E-state index in [-0.39, 0.29) is 18.6 Å². The zero-order chi connectivity index (χ0) is 19.4. The van der Waals surface area contributed by atoms with Gasteiger partial charge in [0.15, 0.2) is 0 Å². The zero-order valence-electron chi connectivity index (χ0n) is 14.0. The molecule has 2 atom stereocenters. The molecule has 0 aliphatic carbocycles. The van der Waals surface area contributed by atoms with Crippen molar-refractivity contribution in [3.05, 3.63) is 43.0 Å². The molecule has 0 amide bonds. The summed E-state index contributed by atoms with van der Waals surface area (Å²) in [5.41, 5.74) is 8.04. The monoisotopic (exact) mass is 489 g/mol. The van der Waals surface area contributed by atoms with E-state index < -0.39 is 0 Å². The van der Waals surface area contributed by atoms with Gasteiger partial charge >= 0.3 is 0 Å². The fourth-order valence-electron chi connectivity index (χ4n) is 2.81. The lowest BCUT2D eigenvalue weighted by atomic mass is 10.1. The van der Waals surface area contributed by atoms with E-state index in [9.17, 15) is 0 Å². The van der Waals surface area contributed by atoms with Gasteiger partial charge in [0.2, 0.25) is 0 Å². The second-order valence-corrected chi connectivity index (χ2v) is 9.00. The molecule has 0 aromatic carbocycles. The number of thiophene rings is 2. The van der Waals surface area contributed by atoms with Crippen LogP contribution in [0, 0.1) is 0 Å². The maximum Gasteiger partial charge on any atom is 0.290 e. The summed E-state index contributed by atoms with van der Waals surface area (Å²) in [5.74, 6) is 0. The lowest BCUT2D eigenvalue weighted by molar-refractivity contribution is -0.122. The molecule has 3 aromatic rings. The van der Waals surface area contributed by atoms with Crippen LogP contribution in [0.3, 0.4) is 0 Å². The van der Waals surface area contributed by atoms with Gasteiger partial charge in [-0.05, 0) is 33.8 Å². The molecule has 144 valence electrons. The number of carboxylic acid groups (broad SMARTS) is 1. The van der Waals surface area contributed by atoms with Crippen molar-refractivity contribution in [1.82, 2.24) is 4.98 Å². The lowest BCUT2D eigenvalue weighted by Gasteiger charge is -2.12. The van der Waals surface area contributed by atoms with E-state index in [2.05, 4.69) is 43.7 Å². The van der Waals surface area contributed by atoms with Crippen LogP contribution in [0.2, 0.25) is 5.15 Å². The molecule has 0 bridgehead atoms. The molecule has 27 heavy (non-hydrogen) atoms. The average Bonchev–Trinajstić information content (AvgIpc) is 3.36. The standard InChI is InChI=1S/C16H15BrClN3OS2.CH2O2/c17-12-13-15(24-16(12)14-9(19)3-4-22-14)10(6-11(18)21-13)20-7-8-2-1-5-23-8;2-1-3/h1-2,5-6,9,14H,3-4,7,19H2,(H,20,21);1H,(H,2,3)/t9-,14+;/m1./s1. The smallest absolute Gasteiger partial charge is 0.290 e. The third-order valence-corrected chi connectivity index (χ3v) is 7.42. The number of fused-ring (bicyclic) bond motifs is 1. The van der Waals surface area contributed by atoms with Crippen LogP contribution in [-0.4, -0.2) is 29.2 Å². The van der Waals surface area contributed by atoms with E-state index in [4.69, 9.17) is 32.0 Å². The fraction of sp³-hybridized carbons (Fsp3) is 0.294. The van der Waals surface area contributed by atoms with Crippen molar-refractivity contribution in [2.45, 2.75) is 25.1 Å². The summed E-state index contributed by atoms with van der Waals surface area (Å²) in [7, 11) is 0. The van der Waals surface area contributed by atoms with Crippen LogP contribution in [0.1, 0.15) is 22.3 Å². The fourth-order valence-corrected chi connectivity index (χ4v) is 5.79. The summed E-state index contributed by atoms with van der Waals surface area (Å²) in [5, 5.41) is 12.9. The first-order chi connectivity index (χ1) is 13.0. The van der Waals surface area contributed by atoms with Crippen molar-refractivity contribution < 1.29 is 14.6 Å². The highest BCUT2D eigenvalue weighted by atomic mass is 79.9. The van der Waals surface area contributed by atoms with Gasteiger partial charge in [0.1, 0.15) is 11.3 Å². The number of carbonyl (C=O) groups is 1. The van der Waals surface area contributed by atoms with Crippen LogP contribution in [0.25, 0.3) is 10.2 Å². The van der Waals surface area contributed by atoms with Crippen molar-refractivity contribution in [1.29, 1.82) is 0 Å². The zero-order valence-corrected chi connectivity index (χ0v) is 18.0. The number of anilines is 1. The van der Waals surface area contributed by atoms with Gasteiger partial charge in [0.25, 0.3) is 6.47 Å². The van der Waals surface area contributed by atoms with E-state index in [0.717, 1.165) is 38.2 Å². The second-order valence-electron chi connectivity index (χ2n) is 5.73. The highest BCUT2D eigenvalue weighted by molar-refractivity contribution is 9.10. The molecule has 1 aliphatic rings. The number of aromatic nitrogens is 1. The van der Waals surface area contributed by atoms with Crippen LogP contribution >= 0.6 is 50.2 Å². The molecule has 0 saturated carbocycles. The Labute approximate surface area is 177 Å². The first kappa shape index (κ1) is 20.5. The Morgan fingerprint density at radius 3 is 2.96 bits per heavy atom. The van der Waals surface area contributed by atoms with E-state index in [1.807, 2.05) is 6.07 Å². The minimum atomic E-state index is -0.250. The molecule has 4 rings (SSSR count). The first-order valence-corrected chi connectivity index (χ1v) is 10.9. The maximum atomic E-state index is 8.36. The summed E-state index contributed by atoms with van der Waals surface area (Å²) in [6.45, 7) is 1.21. The largest absolute Gasteiger partial charge is 0.483 e. The second kappa shape index (κ2) is 9.31.